The second-order valence-corrected chi connectivity index (χ2v) is 7.56. The summed E-state index contributed by atoms with van der Waals surface area (Å²) in [7, 11) is 1.38. The van der Waals surface area contributed by atoms with Crippen LogP contribution in [0.25, 0.3) is 5.69 Å². The van der Waals surface area contributed by atoms with Gasteiger partial charge in [-0.2, -0.15) is 0 Å². The predicted octanol–water partition coefficient (Wildman–Crippen LogP) is 2.92. The van der Waals surface area contributed by atoms with E-state index in [1.54, 1.807) is 16.3 Å². The van der Waals surface area contributed by atoms with Crippen molar-refractivity contribution >= 4 is 29.5 Å². The highest BCUT2D eigenvalue weighted by Gasteiger charge is 2.26. The standard InChI is InChI=1S/C17H18N2O3S2/c1-3-13(16(21)22-2)24-17-18-12-9-10-23-14(12)15(20)19(17)11-7-5-4-6-8-11/h4-8,13H,3,9-10H2,1-2H3/t13-/m1/s1. The number of aromatic nitrogens is 2. The average molecular weight is 362 g/mol. The number of nitrogens with zero attached hydrogens (tertiary/aromatic N) is 2. The zero-order valence-corrected chi connectivity index (χ0v) is 15.2. The third kappa shape index (κ3) is 3.23. The van der Waals surface area contributed by atoms with Crippen LogP contribution in [0.4, 0.5) is 0 Å². The molecule has 0 saturated heterocycles. The fraction of sp³-hybridized carbons (Fsp3) is 0.353. The SMILES string of the molecule is CC[C@@H](Sc1nc2c(c(=O)n1-c1ccccc1)SCC2)C(=O)OC. The summed E-state index contributed by atoms with van der Waals surface area (Å²) < 4.78 is 6.47. The maximum Gasteiger partial charge on any atom is 0.319 e. The lowest BCUT2D eigenvalue weighted by Gasteiger charge is -2.17. The number of rotatable bonds is 5. The fourth-order valence-corrected chi connectivity index (χ4v) is 4.63. The van der Waals surface area contributed by atoms with Crippen molar-refractivity contribution in [3.05, 3.63) is 46.4 Å². The van der Waals surface area contributed by atoms with Crippen LogP contribution in [0, 0.1) is 0 Å². The number of ether oxygens (including phenoxy) is 1. The highest BCUT2D eigenvalue weighted by Crippen LogP contribution is 2.32. The molecule has 126 valence electrons. The van der Waals surface area contributed by atoms with Crippen molar-refractivity contribution in [3.63, 3.8) is 0 Å². The summed E-state index contributed by atoms with van der Waals surface area (Å²) in [5, 5.41) is 0.161. The van der Waals surface area contributed by atoms with E-state index in [4.69, 9.17) is 9.72 Å². The summed E-state index contributed by atoms with van der Waals surface area (Å²) in [6, 6.07) is 9.42. The van der Waals surface area contributed by atoms with Gasteiger partial charge in [0.2, 0.25) is 0 Å². The number of carbonyl (C=O) groups is 1. The van der Waals surface area contributed by atoms with Gasteiger partial charge in [0, 0.05) is 12.2 Å². The number of benzene rings is 1. The molecule has 2 aromatic rings. The average Bonchev–Trinajstić information content (AvgIpc) is 3.08. The third-order valence-electron chi connectivity index (χ3n) is 3.76. The Morgan fingerprint density at radius 2 is 2.17 bits per heavy atom. The molecule has 0 fully saturated rings. The summed E-state index contributed by atoms with van der Waals surface area (Å²) >= 11 is 2.84. The molecular weight excluding hydrogens is 344 g/mol. The summed E-state index contributed by atoms with van der Waals surface area (Å²) in [6.07, 6.45) is 1.39. The molecule has 0 saturated carbocycles. The topological polar surface area (TPSA) is 61.2 Å². The van der Waals surface area contributed by atoms with Crippen LogP contribution in [0.1, 0.15) is 19.0 Å². The monoisotopic (exact) mass is 362 g/mol. The van der Waals surface area contributed by atoms with Crippen LogP contribution in [0.15, 0.2) is 45.2 Å². The second kappa shape index (κ2) is 7.44. The van der Waals surface area contributed by atoms with Crippen molar-refractivity contribution in [1.29, 1.82) is 0 Å². The van der Waals surface area contributed by atoms with Crippen LogP contribution >= 0.6 is 23.5 Å². The highest BCUT2D eigenvalue weighted by atomic mass is 32.2. The normalized spacial score (nSPS) is 14.2. The van der Waals surface area contributed by atoms with Gasteiger partial charge < -0.3 is 4.74 Å². The lowest BCUT2D eigenvalue weighted by atomic mass is 10.3. The maximum atomic E-state index is 13.0. The highest BCUT2D eigenvalue weighted by molar-refractivity contribution is 8.00. The second-order valence-electron chi connectivity index (χ2n) is 5.28. The van der Waals surface area contributed by atoms with Crippen LogP contribution in [0.2, 0.25) is 0 Å². The first-order valence-corrected chi connectivity index (χ1v) is 9.60. The van der Waals surface area contributed by atoms with Crippen LogP contribution in [0.3, 0.4) is 0 Å². The van der Waals surface area contributed by atoms with Crippen molar-refractivity contribution in [3.8, 4) is 5.69 Å². The van der Waals surface area contributed by atoms with Gasteiger partial charge >= 0.3 is 5.97 Å². The Kier molecular flexibility index (Phi) is 5.30. The van der Waals surface area contributed by atoms with Gasteiger partial charge in [-0.1, -0.05) is 36.9 Å². The lowest BCUT2D eigenvalue weighted by Crippen LogP contribution is -2.26. The summed E-state index contributed by atoms with van der Waals surface area (Å²) in [5.74, 6) is 0.570. The van der Waals surface area contributed by atoms with Gasteiger partial charge in [-0.05, 0) is 18.6 Å². The zero-order chi connectivity index (χ0) is 17.1. The van der Waals surface area contributed by atoms with Gasteiger partial charge in [-0.15, -0.1) is 11.8 Å². The van der Waals surface area contributed by atoms with Gasteiger partial charge in [0.15, 0.2) is 5.16 Å². The molecular formula is C17H18N2O3S2. The molecule has 0 amide bonds. The van der Waals surface area contributed by atoms with Crippen molar-refractivity contribution in [2.45, 2.75) is 35.1 Å². The molecule has 2 heterocycles. The maximum absolute atomic E-state index is 13.0. The number of aryl methyl sites for hydroxylation is 1. The Bertz CT molecular complexity index is 805. The Labute approximate surface area is 148 Å². The molecule has 3 rings (SSSR count). The number of thioether (sulfide) groups is 2. The number of fused-ring (bicyclic) bond motifs is 1. The van der Waals surface area contributed by atoms with Gasteiger partial charge in [-0.25, -0.2) is 4.98 Å². The van der Waals surface area contributed by atoms with E-state index in [1.165, 1.54) is 18.9 Å². The van der Waals surface area contributed by atoms with Crippen LogP contribution in [-0.2, 0) is 16.0 Å². The summed E-state index contributed by atoms with van der Waals surface area (Å²) in [6.45, 7) is 1.92. The first-order chi connectivity index (χ1) is 11.7. The molecule has 0 bridgehead atoms. The molecule has 0 unspecified atom stereocenters. The van der Waals surface area contributed by atoms with Gasteiger partial charge in [-0.3, -0.25) is 14.2 Å². The van der Waals surface area contributed by atoms with E-state index in [2.05, 4.69) is 0 Å². The predicted molar refractivity (Wildman–Crippen MR) is 96.2 cm³/mol. The molecule has 24 heavy (non-hydrogen) atoms. The van der Waals surface area contributed by atoms with Crippen LogP contribution in [0.5, 0.6) is 0 Å². The minimum Gasteiger partial charge on any atom is -0.468 e. The van der Waals surface area contributed by atoms with Crippen molar-refractivity contribution in [2.75, 3.05) is 12.9 Å². The van der Waals surface area contributed by atoms with Gasteiger partial charge in [0.1, 0.15) is 5.25 Å². The molecule has 1 atom stereocenters. The number of hydrogen-bond donors (Lipinski definition) is 0. The molecule has 1 aliphatic heterocycles. The van der Waals surface area contributed by atoms with E-state index in [0.29, 0.717) is 16.5 Å². The molecule has 1 aliphatic rings. The van der Waals surface area contributed by atoms with Gasteiger partial charge in [0.25, 0.3) is 5.56 Å². The van der Waals surface area contributed by atoms with E-state index in [-0.39, 0.29) is 16.8 Å². The van der Waals surface area contributed by atoms with Crippen molar-refractivity contribution < 1.29 is 9.53 Å². The zero-order valence-electron chi connectivity index (χ0n) is 13.5. The number of hydrogen-bond acceptors (Lipinski definition) is 6. The Hall–Kier alpha value is -1.73. The summed E-state index contributed by atoms with van der Waals surface area (Å²) in [4.78, 5) is 30.3. The number of esters is 1. The minimum absolute atomic E-state index is 0.0593. The molecule has 7 heteroatoms. The number of para-hydroxylation sites is 1. The molecule has 0 N–H and O–H groups in total. The number of carbonyl (C=O) groups excluding carboxylic acids is 1. The van der Waals surface area contributed by atoms with Crippen molar-refractivity contribution in [1.82, 2.24) is 9.55 Å². The first-order valence-electron chi connectivity index (χ1n) is 7.74. The number of methoxy groups -OCH3 is 1. The summed E-state index contributed by atoms with van der Waals surface area (Å²) in [5.41, 5.74) is 1.53. The lowest BCUT2D eigenvalue weighted by molar-refractivity contribution is -0.140. The van der Waals surface area contributed by atoms with E-state index < -0.39 is 0 Å². The Morgan fingerprint density at radius 1 is 1.42 bits per heavy atom. The quantitative estimate of drug-likeness (QED) is 0.463. The molecule has 0 radical (unpaired) electrons. The molecule has 1 aromatic heterocycles. The van der Waals surface area contributed by atoms with E-state index in [9.17, 15) is 9.59 Å². The van der Waals surface area contributed by atoms with E-state index >= 15 is 0 Å². The largest absolute Gasteiger partial charge is 0.468 e. The molecule has 0 spiro atoms. The molecule has 5 nitrogen and oxygen atoms in total. The van der Waals surface area contributed by atoms with Gasteiger partial charge in [0.05, 0.1) is 23.4 Å². The van der Waals surface area contributed by atoms with Crippen LogP contribution < -0.4 is 5.56 Å². The smallest absolute Gasteiger partial charge is 0.319 e. The Morgan fingerprint density at radius 3 is 2.83 bits per heavy atom. The fourth-order valence-electron chi connectivity index (χ4n) is 2.53. The first kappa shape index (κ1) is 17.1. The minimum atomic E-state index is -0.385. The third-order valence-corrected chi connectivity index (χ3v) is 6.17. The van der Waals surface area contributed by atoms with Crippen molar-refractivity contribution in [2.24, 2.45) is 0 Å². The molecule has 0 aliphatic carbocycles. The van der Waals surface area contributed by atoms with Crippen LogP contribution in [-0.4, -0.2) is 33.6 Å². The van der Waals surface area contributed by atoms with E-state index in [1.807, 2.05) is 37.3 Å². The molecule has 1 aromatic carbocycles. The van der Waals surface area contributed by atoms with E-state index in [0.717, 1.165) is 23.6 Å². The Balaban J connectivity index is 2.12.